The number of thiocarbonyl (C=S) groups is 1. The van der Waals surface area contributed by atoms with Crippen molar-refractivity contribution in [3.05, 3.63) is 89.0 Å². The fraction of sp³-hybridized carbons (Fsp3) is 0.207. The molecule has 1 nitrogen and oxygen atoms in total. The van der Waals surface area contributed by atoms with Crippen molar-refractivity contribution in [1.29, 1.82) is 0 Å². The molecule has 0 aliphatic heterocycles. The molecule has 0 unspecified atom stereocenters. The van der Waals surface area contributed by atoms with E-state index in [4.69, 9.17) is 0 Å². The summed E-state index contributed by atoms with van der Waals surface area (Å²) in [6.07, 6.45) is 5.85. The highest BCUT2D eigenvalue weighted by Gasteiger charge is 2.09. The first-order chi connectivity index (χ1) is 16.1. The molecular formula is C29H23F2NS. The summed E-state index contributed by atoms with van der Waals surface area (Å²) >= 11 is 4.40. The molecule has 0 fully saturated rings. The Morgan fingerprint density at radius 2 is 1.27 bits per heavy atom. The SMILES string of the molecule is CCCCCCC#Cc1ccc(-c2ccc(C#Cc3cc(F)c(N=C=S)c(F)c3)cc2)cc1. The van der Waals surface area contributed by atoms with Gasteiger partial charge in [-0.15, -0.1) is 0 Å². The smallest absolute Gasteiger partial charge is 0.153 e. The minimum atomic E-state index is -0.823. The third-order valence-electron chi connectivity index (χ3n) is 5.02. The Labute approximate surface area is 199 Å². The van der Waals surface area contributed by atoms with Gasteiger partial charge in [0.05, 0.1) is 5.16 Å². The van der Waals surface area contributed by atoms with Gasteiger partial charge in [-0.2, -0.15) is 4.99 Å². The van der Waals surface area contributed by atoms with Crippen LogP contribution in [0.15, 0.2) is 65.7 Å². The minimum absolute atomic E-state index is 0.222. The predicted molar refractivity (Wildman–Crippen MR) is 135 cm³/mol. The van der Waals surface area contributed by atoms with E-state index >= 15 is 0 Å². The van der Waals surface area contributed by atoms with Crippen molar-refractivity contribution in [2.45, 2.75) is 39.0 Å². The van der Waals surface area contributed by atoms with Gasteiger partial charge in [-0.25, -0.2) is 8.78 Å². The van der Waals surface area contributed by atoms with Gasteiger partial charge in [-0.05, 0) is 66.2 Å². The van der Waals surface area contributed by atoms with Crippen LogP contribution in [-0.2, 0) is 0 Å². The summed E-state index contributed by atoms with van der Waals surface area (Å²) in [5.41, 5.74) is 3.66. The first kappa shape index (κ1) is 24.1. The average Bonchev–Trinajstić information content (AvgIpc) is 2.83. The third-order valence-corrected chi connectivity index (χ3v) is 5.11. The van der Waals surface area contributed by atoms with Crippen LogP contribution in [0.1, 0.15) is 55.7 Å². The number of halogens is 2. The molecule has 0 radical (unpaired) electrons. The summed E-state index contributed by atoms with van der Waals surface area (Å²) in [5.74, 6) is 10.5. The normalized spacial score (nSPS) is 9.79. The second-order valence-electron chi connectivity index (χ2n) is 7.51. The molecule has 0 N–H and O–H groups in total. The highest BCUT2D eigenvalue weighted by Crippen LogP contribution is 2.23. The maximum Gasteiger partial charge on any atom is 0.153 e. The molecule has 0 saturated heterocycles. The number of unbranched alkanes of at least 4 members (excludes halogenated alkanes) is 4. The zero-order valence-electron chi connectivity index (χ0n) is 18.4. The Morgan fingerprint density at radius 3 is 1.82 bits per heavy atom. The zero-order valence-corrected chi connectivity index (χ0v) is 19.2. The first-order valence-electron chi connectivity index (χ1n) is 10.9. The van der Waals surface area contributed by atoms with Crippen LogP contribution in [0.5, 0.6) is 0 Å². The summed E-state index contributed by atoms with van der Waals surface area (Å²) in [6.45, 7) is 2.21. The Hall–Kier alpha value is -3.56. The maximum atomic E-state index is 13.9. The van der Waals surface area contributed by atoms with Gasteiger partial charge in [0.25, 0.3) is 0 Å². The summed E-state index contributed by atoms with van der Waals surface area (Å²) in [7, 11) is 0. The van der Waals surface area contributed by atoms with Crippen molar-refractivity contribution in [3.8, 4) is 34.8 Å². The second kappa shape index (κ2) is 12.5. The van der Waals surface area contributed by atoms with Gasteiger partial charge in [-0.3, -0.25) is 0 Å². The molecule has 0 heterocycles. The van der Waals surface area contributed by atoms with E-state index in [1.54, 1.807) is 0 Å². The molecule has 3 rings (SSSR count). The maximum absolute atomic E-state index is 13.9. The van der Waals surface area contributed by atoms with E-state index in [1.165, 1.54) is 19.3 Å². The number of isothiocyanates is 1. The summed E-state index contributed by atoms with van der Waals surface area (Å²) in [6, 6.07) is 18.1. The third kappa shape index (κ3) is 7.23. The topological polar surface area (TPSA) is 12.4 Å². The van der Waals surface area contributed by atoms with Crippen LogP contribution in [0.4, 0.5) is 14.5 Å². The van der Waals surface area contributed by atoms with Crippen molar-refractivity contribution in [1.82, 2.24) is 0 Å². The van der Waals surface area contributed by atoms with Crippen LogP contribution >= 0.6 is 12.2 Å². The molecule has 0 spiro atoms. The molecule has 0 atom stereocenters. The van der Waals surface area contributed by atoms with E-state index < -0.39 is 17.3 Å². The van der Waals surface area contributed by atoms with Gasteiger partial charge in [0, 0.05) is 23.1 Å². The number of rotatable bonds is 6. The van der Waals surface area contributed by atoms with Crippen molar-refractivity contribution < 1.29 is 8.78 Å². The van der Waals surface area contributed by atoms with Crippen LogP contribution in [0.25, 0.3) is 11.1 Å². The van der Waals surface area contributed by atoms with E-state index in [1.807, 2.05) is 41.6 Å². The highest BCUT2D eigenvalue weighted by molar-refractivity contribution is 7.78. The molecule has 4 heteroatoms. The summed E-state index contributed by atoms with van der Waals surface area (Å²) in [5, 5.41) is 1.97. The molecule has 33 heavy (non-hydrogen) atoms. The molecule has 0 saturated carbocycles. The van der Waals surface area contributed by atoms with Gasteiger partial charge in [0.2, 0.25) is 0 Å². The van der Waals surface area contributed by atoms with Gasteiger partial charge in [0.15, 0.2) is 11.6 Å². The molecule has 0 aromatic heterocycles. The van der Waals surface area contributed by atoms with Gasteiger partial charge in [-0.1, -0.05) is 74.1 Å². The van der Waals surface area contributed by atoms with Crippen LogP contribution in [0.2, 0.25) is 0 Å². The minimum Gasteiger partial charge on any atom is -0.204 e. The lowest BCUT2D eigenvalue weighted by Crippen LogP contribution is -1.86. The van der Waals surface area contributed by atoms with Crippen molar-refractivity contribution in [2.75, 3.05) is 0 Å². The van der Waals surface area contributed by atoms with Crippen LogP contribution in [0.3, 0.4) is 0 Å². The fourth-order valence-corrected chi connectivity index (χ4v) is 3.32. The molecule has 0 bridgehead atoms. The lowest BCUT2D eigenvalue weighted by atomic mass is 10.0. The molecule has 0 aliphatic rings. The Bertz CT molecular complexity index is 1240. The quantitative estimate of drug-likeness (QED) is 0.158. The monoisotopic (exact) mass is 455 g/mol. The van der Waals surface area contributed by atoms with Crippen LogP contribution < -0.4 is 0 Å². The Balaban J connectivity index is 1.66. The van der Waals surface area contributed by atoms with Crippen LogP contribution in [-0.4, -0.2) is 5.16 Å². The average molecular weight is 456 g/mol. The van der Waals surface area contributed by atoms with Crippen LogP contribution in [0, 0.1) is 35.3 Å². The lowest BCUT2D eigenvalue weighted by molar-refractivity contribution is 0.587. The van der Waals surface area contributed by atoms with Crippen molar-refractivity contribution in [3.63, 3.8) is 0 Å². The molecule has 0 amide bonds. The summed E-state index contributed by atoms with van der Waals surface area (Å²) in [4.78, 5) is 3.40. The number of aliphatic imine (C=N–C) groups is 1. The molecule has 3 aromatic carbocycles. The van der Waals surface area contributed by atoms with Crippen molar-refractivity contribution in [2.24, 2.45) is 4.99 Å². The number of hydrogen-bond donors (Lipinski definition) is 0. The summed E-state index contributed by atoms with van der Waals surface area (Å²) < 4.78 is 27.9. The lowest BCUT2D eigenvalue weighted by Gasteiger charge is -2.02. The molecule has 3 aromatic rings. The Kier molecular flexibility index (Phi) is 9.10. The zero-order chi connectivity index (χ0) is 23.5. The second-order valence-corrected chi connectivity index (χ2v) is 7.69. The van der Waals surface area contributed by atoms with Gasteiger partial charge >= 0.3 is 0 Å². The van der Waals surface area contributed by atoms with Gasteiger partial charge < -0.3 is 0 Å². The van der Waals surface area contributed by atoms with Gasteiger partial charge in [0.1, 0.15) is 5.69 Å². The Morgan fingerprint density at radius 1 is 0.727 bits per heavy atom. The molecule has 164 valence electrons. The van der Waals surface area contributed by atoms with E-state index in [2.05, 4.69) is 59.9 Å². The fourth-order valence-electron chi connectivity index (χ4n) is 3.23. The van der Waals surface area contributed by atoms with Crippen molar-refractivity contribution >= 4 is 23.1 Å². The van der Waals surface area contributed by atoms with E-state index in [0.717, 1.165) is 47.2 Å². The molecule has 0 aliphatic carbocycles. The largest absolute Gasteiger partial charge is 0.204 e. The van der Waals surface area contributed by atoms with E-state index in [-0.39, 0.29) is 5.56 Å². The number of benzene rings is 3. The number of nitrogens with zero attached hydrogens (tertiary/aromatic N) is 1. The number of hydrogen-bond acceptors (Lipinski definition) is 2. The predicted octanol–water partition coefficient (Wildman–Crippen LogP) is 8.09. The highest BCUT2D eigenvalue weighted by atomic mass is 32.1. The van der Waals surface area contributed by atoms with E-state index in [9.17, 15) is 8.78 Å². The van der Waals surface area contributed by atoms with E-state index in [0.29, 0.717) is 0 Å². The first-order valence-corrected chi connectivity index (χ1v) is 11.3. The molecular weight excluding hydrogens is 432 g/mol. The standard InChI is InChI=1S/C29H23F2NS/c1-2-3-4-5-6-7-8-22-11-15-25(16-12-22)26-17-13-23(14-18-26)9-10-24-19-27(30)29(32-21-33)28(31)20-24/h11-20H,2-6H2,1H3.